The molecule has 0 radical (unpaired) electrons. The van der Waals surface area contributed by atoms with Crippen LogP contribution >= 0.6 is 11.6 Å². The molecule has 3 rings (SSSR count). The Bertz CT molecular complexity index is 682. The van der Waals surface area contributed by atoms with Crippen molar-refractivity contribution >= 4 is 11.6 Å². The Balaban J connectivity index is 1.54. The van der Waals surface area contributed by atoms with Crippen LogP contribution in [-0.4, -0.2) is 57.9 Å². The Morgan fingerprint density at radius 1 is 1.28 bits per heavy atom. The van der Waals surface area contributed by atoms with Gasteiger partial charge in [-0.15, -0.1) is 0 Å². The second-order valence-corrected chi connectivity index (χ2v) is 6.30. The van der Waals surface area contributed by atoms with Gasteiger partial charge in [-0.2, -0.15) is 0 Å². The van der Waals surface area contributed by atoms with Gasteiger partial charge in [-0.1, -0.05) is 11.6 Å². The number of rotatable bonds is 7. The summed E-state index contributed by atoms with van der Waals surface area (Å²) in [6.45, 7) is 0.734. The van der Waals surface area contributed by atoms with E-state index < -0.39 is 24.4 Å². The first kappa shape index (κ1) is 18.0. The summed E-state index contributed by atoms with van der Waals surface area (Å²) in [5.41, 5.74) is 0. The third-order valence-electron chi connectivity index (χ3n) is 4.23. The molecule has 1 aromatic carbocycles. The molecule has 1 aromatic heterocycles. The first-order valence-corrected chi connectivity index (χ1v) is 8.40. The number of aliphatic hydroxyl groups is 2. The molecule has 0 saturated carbocycles. The van der Waals surface area contributed by atoms with E-state index >= 15 is 0 Å². The molecular weight excluding hydrogens is 348 g/mol. The van der Waals surface area contributed by atoms with Crippen LogP contribution in [0.3, 0.4) is 0 Å². The molecule has 0 spiro atoms. The van der Waals surface area contributed by atoms with Crippen LogP contribution in [0.5, 0.6) is 11.5 Å². The van der Waals surface area contributed by atoms with Gasteiger partial charge in [-0.25, -0.2) is 4.98 Å². The van der Waals surface area contributed by atoms with Crippen molar-refractivity contribution in [2.24, 2.45) is 0 Å². The summed E-state index contributed by atoms with van der Waals surface area (Å²) in [6, 6.07) is 5.07. The molecule has 8 heteroatoms. The number of benzene rings is 1. The average Bonchev–Trinajstić information content (AvgIpc) is 3.22. The standard InChI is InChI=1S/C17H21ClN2O5/c1-23-11-2-3-13(12(18)8-11)24-9-15-17(22)16(21)14(25-15)4-6-20-7-5-19-10-20/h2-3,5,7-8,10,14-17,21-22H,4,6,9H2,1H3/t14-,15+,16+,17-/m0/s1. The molecule has 2 heterocycles. The lowest BCUT2D eigenvalue weighted by atomic mass is 10.1. The molecule has 136 valence electrons. The molecular formula is C17H21ClN2O5. The summed E-state index contributed by atoms with van der Waals surface area (Å²) >= 11 is 6.13. The molecule has 0 amide bonds. The third-order valence-corrected chi connectivity index (χ3v) is 4.53. The minimum absolute atomic E-state index is 0.0891. The minimum atomic E-state index is -1.01. The van der Waals surface area contributed by atoms with Crippen molar-refractivity contribution in [3.05, 3.63) is 41.9 Å². The third kappa shape index (κ3) is 4.24. The van der Waals surface area contributed by atoms with Gasteiger partial charge >= 0.3 is 0 Å². The molecule has 25 heavy (non-hydrogen) atoms. The second kappa shape index (κ2) is 8.05. The van der Waals surface area contributed by atoms with Crippen molar-refractivity contribution < 1.29 is 24.4 Å². The first-order chi connectivity index (χ1) is 12.1. The number of nitrogens with zero attached hydrogens (tertiary/aromatic N) is 2. The zero-order valence-corrected chi connectivity index (χ0v) is 14.5. The summed E-state index contributed by atoms with van der Waals surface area (Å²) in [6.07, 6.45) is 2.74. The van der Waals surface area contributed by atoms with E-state index in [0.717, 1.165) is 0 Å². The Kier molecular flexibility index (Phi) is 5.80. The Hall–Kier alpha value is -1.80. The molecule has 1 aliphatic rings. The fraction of sp³-hybridized carbons (Fsp3) is 0.471. The number of aromatic nitrogens is 2. The van der Waals surface area contributed by atoms with Crippen LogP contribution in [0.4, 0.5) is 0 Å². The van der Waals surface area contributed by atoms with Crippen LogP contribution < -0.4 is 9.47 Å². The molecule has 0 unspecified atom stereocenters. The molecule has 4 atom stereocenters. The van der Waals surface area contributed by atoms with Crippen LogP contribution in [0.15, 0.2) is 36.9 Å². The number of methoxy groups -OCH3 is 1. The lowest BCUT2D eigenvalue weighted by molar-refractivity contribution is -0.0195. The molecule has 1 aliphatic heterocycles. The van der Waals surface area contributed by atoms with Gasteiger partial charge < -0.3 is 29.0 Å². The quantitative estimate of drug-likeness (QED) is 0.770. The molecule has 2 N–H and O–H groups in total. The maximum absolute atomic E-state index is 10.2. The number of imidazole rings is 1. The smallest absolute Gasteiger partial charge is 0.138 e. The summed E-state index contributed by atoms with van der Waals surface area (Å²) < 4.78 is 18.4. The van der Waals surface area contributed by atoms with E-state index in [0.29, 0.717) is 29.5 Å². The molecule has 0 bridgehead atoms. The SMILES string of the molecule is COc1ccc(OC[C@H]2O[C@@H](CCn3ccnc3)[C@@H](O)[C@H]2O)c(Cl)c1. The van der Waals surface area contributed by atoms with E-state index in [1.165, 1.54) is 0 Å². The lowest BCUT2D eigenvalue weighted by Crippen LogP contribution is -2.35. The van der Waals surface area contributed by atoms with E-state index in [4.69, 9.17) is 25.8 Å². The highest BCUT2D eigenvalue weighted by Gasteiger charge is 2.42. The van der Waals surface area contributed by atoms with Crippen LogP contribution in [0.1, 0.15) is 6.42 Å². The molecule has 7 nitrogen and oxygen atoms in total. The number of aliphatic hydroxyl groups excluding tert-OH is 2. The highest BCUT2D eigenvalue weighted by Crippen LogP contribution is 2.30. The van der Waals surface area contributed by atoms with Crippen LogP contribution in [0.2, 0.25) is 5.02 Å². The second-order valence-electron chi connectivity index (χ2n) is 5.89. The Morgan fingerprint density at radius 3 is 2.76 bits per heavy atom. The topological polar surface area (TPSA) is 86.0 Å². The van der Waals surface area contributed by atoms with E-state index in [1.54, 1.807) is 37.8 Å². The van der Waals surface area contributed by atoms with Gasteiger partial charge in [0, 0.05) is 25.0 Å². The van der Waals surface area contributed by atoms with Crippen LogP contribution in [-0.2, 0) is 11.3 Å². The Morgan fingerprint density at radius 2 is 2.08 bits per heavy atom. The summed E-state index contributed by atoms with van der Waals surface area (Å²) in [4.78, 5) is 3.97. The lowest BCUT2D eigenvalue weighted by Gasteiger charge is -2.16. The Labute approximate surface area is 150 Å². The first-order valence-electron chi connectivity index (χ1n) is 8.02. The van der Waals surface area contributed by atoms with Crippen molar-refractivity contribution in [1.82, 2.24) is 9.55 Å². The zero-order valence-electron chi connectivity index (χ0n) is 13.8. The van der Waals surface area contributed by atoms with Crippen molar-refractivity contribution in [1.29, 1.82) is 0 Å². The van der Waals surface area contributed by atoms with E-state index in [1.807, 2.05) is 10.8 Å². The van der Waals surface area contributed by atoms with Gasteiger partial charge in [0.05, 0.1) is 24.6 Å². The predicted molar refractivity (Wildman–Crippen MR) is 91.0 cm³/mol. The number of halogens is 1. The monoisotopic (exact) mass is 368 g/mol. The van der Waals surface area contributed by atoms with Gasteiger partial charge in [0.2, 0.25) is 0 Å². The van der Waals surface area contributed by atoms with Crippen molar-refractivity contribution in [3.63, 3.8) is 0 Å². The van der Waals surface area contributed by atoms with Gasteiger partial charge in [-0.05, 0) is 18.6 Å². The minimum Gasteiger partial charge on any atom is -0.497 e. The molecule has 0 aliphatic carbocycles. The van der Waals surface area contributed by atoms with Gasteiger partial charge in [-0.3, -0.25) is 0 Å². The normalized spacial score (nSPS) is 25.9. The number of hydrogen-bond donors (Lipinski definition) is 2. The summed E-state index contributed by atoms with van der Waals surface area (Å²) in [7, 11) is 1.56. The van der Waals surface area contributed by atoms with E-state index in [9.17, 15) is 10.2 Å². The fourth-order valence-corrected chi connectivity index (χ4v) is 3.02. The zero-order chi connectivity index (χ0) is 17.8. The van der Waals surface area contributed by atoms with E-state index in [2.05, 4.69) is 4.98 Å². The summed E-state index contributed by atoms with van der Waals surface area (Å²) in [5, 5.41) is 20.8. The van der Waals surface area contributed by atoms with Gasteiger partial charge in [0.1, 0.15) is 36.4 Å². The van der Waals surface area contributed by atoms with E-state index in [-0.39, 0.29) is 6.61 Å². The number of hydrogen-bond acceptors (Lipinski definition) is 6. The number of aryl methyl sites for hydroxylation is 1. The highest BCUT2D eigenvalue weighted by molar-refractivity contribution is 6.32. The molecule has 2 aromatic rings. The summed E-state index contributed by atoms with van der Waals surface area (Å²) in [5.74, 6) is 1.10. The van der Waals surface area contributed by atoms with Gasteiger partial charge in [0.25, 0.3) is 0 Å². The van der Waals surface area contributed by atoms with Crippen molar-refractivity contribution in [2.45, 2.75) is 37.4 Å². The van der Waals surface area contributed by atoms with Crippen molar-refractivity contribution in [2.75, 3.05) is 13.7 Å². The molecule has 1 saturated heterocycles. The maximum atomic E-state index is 10.2. The average molecular weight is 369 g/mol. The molecule has 1 fully saturated rings. The van der Waals surface area contributed by atoms with Crippen LogP contribution in [0.25, 0.3) is 0 Å². The van der Waals surface area contributed by atoms with Crippen molar-refractivity contribution in [3.8, 4) is 11.5 Å². The van der Waals surface area contributed by atoms with Crippen LogP contribution in [0, 0.1) is 0 Å². The largest absolute Gasteiger partial charge is 0.497 e. The predicted octanol–water partition coefficient (Wildman–Crippen LogP) is 1.50. The maximum Gasteiger partial charge on any atom is 0.138 e. The fourth-order valence-electron chi connectivity index (χ4n) is 2.79. The van der Waals surface area contributed by atoms with Gasteiger partial charge in [0.15, 0.2) is 0 Å². The highest BCUT2D eigenvalue weighted by atomic mass is 35.5. The number of ether oxygens (including phenoxy) is 3.